The van der Waals surface area contributed by atoms with E-state index < -0.39 is 12.8 Å². The van der Waals surface area contributed by atoms with Crippen LogP contribution in [0, 0.1) is 0 Å². The third-order valence-electron chi connectivity index (χ3n) is 3.07. The lowest BCUT2D eigenvalue weighted by atomic mass is 10.1. The van der Waals surface area contributed by atoms with E-state index in [-0.39, 0.29) is 23.2 Å². The number of nitrogens with zero attached hydrogens (tertiary/aromatic N) is 1. The molecule has 1 atom stereocenters. The first-order chi connectivity index (χ1) is 12.8. The van der Waals surface area contributed by atoms with Crippen LogP contribution in [-0.4, -0.2) is 29.2 Å². The second kappa shape index (κ2) is 10.1. The van der Waals surface area contributed by atoms with Crippen molar-refractivity contribution in [3.63, 3.8) is 0 Å². The molecule has 1 heterocycles. The first-order valence-corrected chi connectivity index (χ1v) is 8.64. The van der Waals surface area contributed by atoms with Gasteiger partial charge in [-0.1, -0.05) is 12.1 Å². The molecule has 154 valence electrons. The van der Waals surface area contributed by atoms with Crippen molar-refractivity contribution in [2.24, 2.45) is 5.73 Å². The standard InChI is InChI=1S/C16H15F3N2O2.C4H11N/c1-11(21-15(22)13-6-8-20-9-7-13)12-2-4-14(5-3-12)23-10-16(17,18)19;1-4(2,3)5/h2-9,11H,10H2,1H3,(H,21,22);5H2,1-3H3. The average molecular weight is 397 g/mol. The molecule has 0 radical (unpaired) electrons. The van der Waals surface area contributed by atoms with E-state index in [0.29, 0.717) is 5.56 Å². The molecule has 0 saturated carbocycles. The number of benzene rings is 1. The number of hydrogen-bond donors (Lipinski definition) is 2. The Morgan fingerprint density at radius 1 is 1.11 bits per heavy atom. The van der Waals surface area contributed by atoms with Crippen molar-refractivity contribution in [3.05, 3.63) is 59.9 Å². The van der Waals surface area contributed by atoms with Crippen molar-refractivity contribution in [2.75, 3.05) is 6.61 Å². The summed E-state index contributed by atoms with van der Waals surface area (Å²) in [5.41, 5.74) is 6.59. The van der Waals surface area contributed by atoms with E-state index in [1.807, 2.05) is 20.8 Å². The van der Waals surface area contributed by atoms with Gasteiger partial charge in [-0.25, -0.2) is 0 Å². The number of carbonyl (C=O) groups is 1. The van der Waals surface area contributed by atoms with Crippen LogP contribution in [0.3, 0.4) is 0 Å². The monoisotopic (exact) mass is 397 g/mol. The van der Waals surface area contributed by atoms with E-state index in [0.717, 1.165) is 5.56 Å². The Hall–Kier alpha value is -2.61. The normalized spacial score (nSPS) is 12.4. The van der Waals surface area contributed by atoms with Crippen LogP contribution in [0.1, 0.15) is 49.7 Å². The molecule has 1 unspecified atom stereocenters. The second-order valence-corrected chi connectivity index (χ2v) is 7.27. The molecule has 2 rings (SSSR count). The SMILES string of the molecule is CC(C)(C)N.CC(NC(=O)c1ccncc1)c1ccc(OCC(F)(F)F)cc1. The number of carbonyl (C=O) groups excluding carboxylic acids is 1. The summed E-state index contributed by atoms with van der Waals surface area (Å²) in [5, 5.41) is 2.80. The highest BCUT2D eigenvalue weighted by molar-refractivity contribution is 5.94. The Kier molecular flexibility index (Phi) is 8.43. The van der Waals surface area contributed by atoms with Crippen LogP contribution >= 0.6 is 0 Å². The number of pyridine rings is 1. The highest BCUT2D eigenvalue weighted by atomic mass is 19.4. The van der Waals surface area contributed by atoms with Gasteiger partial charge in [-0.05, 0) is 57.5 Å². The predicted molar refractivity (Wildman–Crippen MR) is 102 cm³/mol. The lowest BCUT2D eigenvalue weighted by molar-refractivity contribution is -0.153. The summed E-state index contributed by atoms with van der Waals surface area (Å²) in [6.07, 6.45) is -1.33. The number of rotatable bonds is 5. The Morgan fingerprint density at radius 2 is 1.61 bits per heavy atom. The van der Waals surface area contributed by atoms with E-state index in [4.69, 9.17) is 5.73 Å². The molecule has 1 amide bonds. The van der Waals surface area contributed by atoms with Gasteiger partial charge >= 0.3 is 6.18 Å². The van der Waals surface area contributed by atoms with E-state index in [2.05, 4.69) is 15.0 Å². The molecule has 0 fully saturated rings. The van der Waals surface area contributed by atoms with Crippen molar-refractivity contribution < 1.29 is 22.7 Å². The van der Waals surface area contributed by atoms with E-state index >= 15 is 0 Å². The summed E-state index contributed by atoms with van der Waals surface area (Å²) in [6.45, 7) is 6.35. The molecule has 1 aromatic heterocycles. The maximum absolute atomic E-state index is 12.1. The summed E-state index contributed by atoms with van der Waals surface area (Å²) in [4.78, 5) is 15.9. The number of nitrogens with two attached hydrogens (primary N) is 1. The molecule has 8 heteroatoms. The van der Waals surface area contributed by atoms with Gasteiger partial charge in [0.15, 0.2) is 6.61 Å². The third-order valence-corrected chi connectivity index (χ3v) is 3.07. The Bertz CT molecular complexity index is 721. The first-order valence-electron chi connectivity index (χ1n) is 8.64. The molecule has 0 aliphatic rings. The fourth-order valence-corrected chi connectivity index (χ4v) is 1.88. The predicted octanol–water partition coefficient (Wildman–Crippen LogP) is 4.26. The first kappa shape index (κ1) is 23.4. The summed E-state index contributed by atoms with van der Waals surface area (Å²) < 4.78 is 40.9. The van der Waals surface area contributed by atoms with E-state index in [9.17, 15) is 18.0 Å². The minimum absolute atomic E-state index is 0. The minimum Gasteiger partial charge on any atom is -0.484 e. The van der Waals surface area contributed by atoms with Gasteiger partial charge in [-0.15, -0.1) is 0 Å². The topological polar surface area (TPSA) is 77.2 Å². The van der Waals surface area contributed by atoms with E-state index in [1.54, 1.807) is 31.2 Å². The van der Waals surface area contributed by atoms with Crippen molar-refractivity contribution in [3.8, 4) is 5.75 Å². The highest BCUT2D eigenvalue weighted by Crippen LogP contribution is 2.21. The fourth-order valence-electron chi connectivity index (χ4n) is 1.88. The number of ether oxygens (including phenoxy) is 1. The summed E-state index contributed by atoms with van der Waals surface area (Å²) in [6, 6.07) is 9.00. The average Bonchev–Trinajstić information content (AvgIpc) is 2.59. The van der Waals surface area contributed by atoms with Gasteiger partial charge in [0.05, 0.1) is 6.04 Å². The Morgan fingerprint density at radius 3 is 2.07 bits per heavy atom. The van der Waals surface area contributed by atoms with Crippen LogP contribution in [0.4, 0.5) is 13.2 Å². The molecule has 5 nitrogen and oxygen atoms in total. The van der Waals surface area contributed by atoms with Gasteiger partial charge in [0.25, 0.3) is 5.91 Å². The Labute approximate surface area is 163 Å². The molecule has 28 heavy (non-hydrogen) atoms. The lowest BCUT2D eigenvalue weighted by Crippen LogP contribution is -2.26. The molecular formula is C20H26F3N3O2. The number of hydrogen-bond acceptors (Lipinski definition) is 4. The van der Waals surface area contributed by atoms with Gasteiger partial charge in [0.2, 0.25) is 0 Å². The molecule has 0 saturated heterocycles. The van der Waals surface area contributed by atoms with Gasteiger partial charge in [-0.2, -0.15) is 13.2 Å². The zero-order valence-corrected chi connectivity index (χ0v) is 16.4. The molecule has 2 aromatic rings. The molecule has 0 aliphatic heterocycles. The fraction of sp³-hybridized carbons (Fsp3) is 0.400. The maximum Gasteiger partial charge on any atom is 0.422 e. The smallest absolute Gasteiger partial charge is 0.422 e. The van der Waals surface area contributed by atoms with Crippen molar-refractivity contribution in [1.82, 2.24) is 10.3 Å². The Balaban J connectivity index is 0.000000696. The number of aromatic nitrogens is 1. The second-order valence-electron chi connectivity index (χ2n) is 7.27. The summed E-state index contributed by atoms with van der Waals surface area (Å²) >= 11 is 0. The van der Waals surface area contributed by atoms with E-state index in [1.165, 1.54) is 24.5 Å². The number of nitrogens with one attached hydrogen (secondary N) is 1. The maximum atomic E-state index is 12.1. The van der Waals surface area contributed by atoms with Gasteiger partial charge < -0.3 is 15.8 Å². The third kappa shape index (κ3) is 10.5. The largest absolute Gasteiger partial charge is 0.484 e. The highest BCUT2D eigenvalue weighted by Gasteiger charge is 2.28. The molecular weight excluding hydrogens is 371 g/mol. The van der Waals surface area contributed by atoms with Crippen LogP contribution in [0.2, 0.25) is 0 Å². The summed E-state index contributed by atoms with van der Waals surface area (Å²) in [7, 11) is 0. The van der Waals surface area contributed by atoms with Crippen molar-refractivity contribution >= 4 is 5.91 Å². The van der Waals surface area contributed by atoms with Crippen molar-refractivity contribution in [2.45, 2.75) is 45.5 Å². The number of halogens is 3. The lowest BCUT2D eigenvalue weighted by Gasteiger charge is -2.15. The number of alkyl halides is 3. The molecule has 0 aliphatic carbocycles. The van der Waals surface area contributed by atoms with Gasteiger partial charge in [-0.3, -0.25) is 9.78 Å². The minimum atomic E-state index is -4.37. The van der Waals surface area contributed by atoms with Gasteiger partial charge in [0.1, 0.15) is 5.75 Å². The van der Waals surface area contributed by atoms with Crippen LogP contribution in [0.25, 0.3) is 0 Å². The number of amides is 1. The van der Waals surface area contributed by atoms with Crippen LogP contribution < -0.4 is 15.8 Å². The molecule has 0 bridgehead atoms. The zero-order valence-electron chi connectivity index (χ0n) is 16.4. The van der Waals surface area contributed by atoms with Crippen molar-refractivity contribution in [1.29, 1.82) is 0 Å². The van der Waals surface area contributed by atoms with Crippen LogP contribution in [0.5, 0.6) is 5.75 Å². The molecule has 3 N–H and O–H groups in total. The van der Waals surface area contributed by atoms with Gasteiger partial charge in [0, 0.05) is 23.5 Å². The van der Waals surface area contributed by atoms with Crippen LogP contribution in [0.15, 0.2) is 48.8 Å². The summed E-state index contributed by atoms with van der Waals surface area (Å²) in [5.74, 6) is -0.129. The quantitative estimate of drug-likeness (QED) is 0.790. The van der Waals surface area contributed by atoms with Crippen LogP contribution in [-0.2, 0) is 0 Å². The molecule has 1 aromatic carbocycles. The molecule has 0 spiro atoms. The zero-order chi connectivity index (χ0) is 21.4.